The number of aromatic nitrogens is 1. The van der Waals surface area contributed by atoms with Crippen LogP contribution in [0.15, 0.2) is 18.2 Å². The highest BCUT2D eigenvalue weighted by Crippen LogP contribution is 2.11. The molecule has 0 aromatic carbocycles. The van der Waals surface area contributed by atoms with Gasteiger partial charge in [-0.2, -0.15) is 16.7 Å². The van der Waals surface area contributed by atoms with Gasteiger partial charge >= 0.3 is 0 Å². The molecule has 78 valence electrons. The summed E-state index contributed by atoms with van der Waals surface area (Å²) in [5, 5.41) is 3.23. The molecule has 0 aliphatic rings. The Morgan fingerprint density at radius 1 is 1.50 bits per heavy atom. The van der Waals surface area contributed by atoms with E-state index >= 15 is 0 Å². The van der Waals surface area contributed by atoms with Gasteiger partial charge in [-0.15, -0.1) is 0 Å². The first-order chi connectivity index (χ1) is 6.86. The molecule has 0 radical (unpaired) electrons. The fourth-order valence-electron chi connectivity index (χ4n) is 1.02. The monoisotopic (exact) mass is 212 g/mol. The minimum Gasteiger partial charge on any atom is -0.478 e. The number of anilines is 1. The number of nitrogens with zero attached hydrogens (tertiary/aromatic N) is 1. The number of pyridine rings is 1. The van der Waals surface area contributed by atoms with E-state index < -0.39 is 0 Å². The first-order valence-corrected chi connectivity index (χ1v) is 6.09. The molecule has 14 heavy (non-hydrogen) atoms. The normalized spacial score (nSPS) is 9.86. The summed E-state index contributed by atoms with van der Waals surface area (Å²) in [5.74, 6) is 2.65. The van der Waals surface area contributed by atoms with Crippen molar-refractivity contribution in [1.29, 1.82) is 0 Å². The largest absolute Gasteiger partial charge is 0.478 e. The summed E-state index contributed by atoms with van der Waals surface area (Å²) in [6, 6.07) is 5.76. The fourth-order valence-corrected chi connectivity index (χ4v) is 1.33. The third kappa shape index (κ3) is 3.87. The van der Waals surface area contributed by atoms with Crippen molar-refractivity contribution in [2.45, 2.75) is 6.92 Å². The second kappa shape index (κ2) is 6.54. The van der Waals surface area contributed by atoms with Crippen molar-refractivity contribution in [3.05, 3.63) is 18.2 Å². The Kier molecular flexibility index (Phi) is 5.22. The van der Waals surface area contributed by atoms with Crippen LogP contribution in [0.25, 0.3) is 0 Å². The minimum atomic E-state index is 0.654. The van der Waals surface area contributed by atoms with E-state index in [1.54, 1.807) is 0 Å². The molecule has 0 aliphatic heterocycles. The number of thioether (sulfide) groups is 1. The summed E-state index contributed by atoms with van der Waals surface area (Å²) in [6.45, 7) is 3.54. The highest BCUT2D eigenvalue weighted by molar-refractivity contribution is 7.98. The molecule has 1 heterocycles. The molecule has 1 N–H and O–H groups in total. The van der Waals surface area contributed by atoms with Crippen LogP contribution in [-0.2, 0) is 0 Å². The van der Waals surface area contributed by atoms with Crippen molar-refractivity contribution in [3.63, 3.8) is 0 Å². The smallest absolute Gasteiger partial charge is 0.215 e. The first-order valence-electron chi connectivity index (χ1n) is 4.69. The summed E-state index contributed by atoms with van der Waals surface area (Å²) in [6.07, 6.45) is 2.09. The lowest BCUT2D eigenvalue weighted by molar-refractivity contribution is 0.327. The summed E-state index contributed by atoms with van der Waals surface area (Å²) in [7, 11) is 0. The van der Waals surface area contributed by atoms with Crippen molar-refractivity contribution in [2.24, 2.45) is 0 Å². The predicted octanol–water partition coefficient (Wildman–Crippen LogP) is 2.26. The maximum atomic E-state index is 5.30. The second-order valence-electron chi connectivity index (χ2n) is 2.71. The van der Waals surface area contributed by atoms with E-state index in [1.807, 2.05) is 36.9 Å². The lowest BCUT2D eigenvalue weighted by Gasteiger charge is -2.06. The maximum Gasteiger partial charge on any atom is 0.215 e. The minimum absolute atomic E-state index is 0.654. The Morgan fingerprint density at radius 3 is 3.07 bits per heavy atom. The lowest BCUT2D eigenvalue weighted by atomic mass is 10.4. The zero-order chi connectivity index (χ0) is 10.2. The van der Waals surface area contributed by atoms with Crippen LogP contribution in [0, 0.1) is 0 Å². The Labute approximate surface area is 89.3 Å². The third-order valence-corrected chi connectivity index (χ3v) is 2.24. The molecule has 0 saturated heterocycles. The molecule has 0 amide bonds. The van der Waals surface area contributed by atoms with Crippen molar-refractivity contribution in [1.82, 2.24) is 4.98 Å². The maximum absolute atomic E-state index is 5.30. The zero-order valence-electron chi connectivity index (χ0n) is 8.62. The van der Waals surface area contributed by atoms with Crippen LogP contribution in [0.2, 0.25) is 0 Å². The van der Waals surface area contributed by atoms with Crippen LogP contribution in [0.3, 0.4) is 0 Å². The Balaban J connectivity index is 2.46. The molecule has 1 rings (SSSR count). The van der Waals surface area contributed by atoms with E-state index in [2.05, 4.69) is 16.6 Å². The number of hydrogen-bond acceptors (Lipinski definition) is 4. The highest BCUT2D eigenvalue weighted by Gasteiger charge is 1.96. The molecular formula is C10H16N2OS. The van der Waals surface area contributed by atoms with Crippen molar-refractivity contribution in [2.75, 3.05) is 30.5 Å². The third-order valence-electron chi connectivity index (χ3n) is 1.63. The van der Waals surface area contributed by atoms with Gasteiger partial charge in [0.2, 0.25) is 5.88 Å². The van der Waals surface area contributed by atoms with Gasteiger partial charge in [-0.1, -0.05) is 6.07 Å². The quantitative estimate of drug-likeness (QED) is 0.733. The molecule has 0 fully saturated rings. The van der Waals surface area contributed by atoms with Gasteiger partial charge < -0.3 is 10.1 Å². The average Bonchev–Trinajstić information content (AvgIpc) is 2.19. The Hall–Kier alpha value is -0.900. The number of nitrogens with one attached hydrogen (secondary N) is 1. The summed E-state index contributed by atoms with van der Waals surface area (Å²) in [5.41, 5.74) is 0. The zero-order valence-corrected chi connectivity index (χ0v) is 9.43. The van der Waals surface area contributed by atoms with E-state index in [0.29, 0.717) is 12.5 Å². The van der Waals surface area contributed by atoms with E-state index in [1.165, 1.54) is 0 Å². The predicted molar refractivity (Wildman–Crippen MR) is 62.3 cm³/mol. The van der Waals surface area contributed by atoms with E-state index in [-0.39, 0.29) is 0 Å². The standard InChI is InChI=1S/C10H16N2OS/c1-3-13-10-6-4-5-9(12-10)11-7-8-14-2/h4-6H,3,7-8H2,1-2H3,(H,11,12). The Bertz CT molecular complexity index is 268. The molecule has 4 heteroatoms. The molecule has 0 atom stereocenters. The Morgan fingerprint density at radius 2 is 2.36 bits per heavy atom. The highest BCUT2D eigenvalue weighted by atomic mass is 32.2. The molecule has 3 nitrogen and oxygen atoms in total. The molecular weight excluding hydrogens is 196 g/mol. The van der Waals surface area contributed by atoms with Crippen molar-refractivity contribution in [3.8, 4) is 5.88 Å². The van der Waals surface area contributed by atoms with Gasteiger partial charge in [0.1, 0.15) is 5.82 Å². The molecule has 1 aromatic heterocycles. The SMILES string of the molecule is CCOc1cccc(NCCSC)n1. The molecule has 0 saturated carbocycles. The number of rotatable bonds is 6. The molecule has 0 bridgehead atoms. The average molecular weight is 212 g/mol. The van der Waals surface area contributed by atoms with Gasteiger partial charge in [-0.3, -0.25) is 0 Å². The molecule has 0 spiro atoms. The van der Waals surface area contributed by atoms with Crippen LogP contribution < -0.4 is 10.1 Å². The summed E-state index contributed by atoms with van der Waals surface area (Å²) >= 11 is 1.81. The second-order valence-corrected chi connectivity index (χ2v) is 3.70. The van der Waals surface area contributed by atoms with E-state index in [0.717, 1.165) is 18.1 Å². The van der Waals surface area contributed by atoms with Gasteiger partial charge in [0.25, 0.3) is 0 Å². The van der Waals surface area contributed by atoms with Crippen molar-refractivity contribution < 1.29 is 4.74 Å². The summed E-state index contributed by atoms with van der Waals surface area (Å²) < 4.78 is 5.30. The lowest BCUT2D eigenvalue weighted by Crippen LogP contribution is -2.06. The topological polar surface area (TPSA) is 34.1 Å². The summed E-state index contributed by atoms with van der Waals surface area (Å²) in [4.78, 5) is 4.29. The van der Waals surface area contributed by atoms with E-state index in [9.17, 15) is 0 Å². The van der Waals surface area contributed by atoms with Gasteiger partial charge in [0.05, 0.1) is 6.61 Å². The van der Waals surface area contributed by atoms with E-state index in [4.69, 9.17) is 4.74 Å². The number of ether oxygens (including phenoxy) is 1. The molecule has 0 unspecified atom stereocenters. The van der Waals surface area contributed by atoms with Crippen LogP contribution in [-0.4, -0.2) is 30.1 Å². The van der Waals surface area contributed by atoms with Crippen LogP contribution in [0.1, 0.15) is 6.92 Å². The van der Waals surface area contributed by atoms with Crippen LogP contribution >= 0.6 is 11.8 Å². The fraction of sp³-hybridized carbons (Fsp3) is 0.500. The molecule has 0 aliphatic carbocycles. The van der Waals surface area contributed by atoms with Gasteiger partial charge in [-0.25, -0.2) is 0 Å². The van der Waals surface area contributed by atoms with Gasteiger partial charge in [-0.05, 0) is 19.2 Å². The number of hydrogen-bond donors (Lipinski definition) is 1. The van der Waals surface area contributed by atoms with Crippen LogP contribution in [0.5, 0.6) is 5.88 Å². The van der Waals surface area contributed by atoms with Gasteiger partial charge in [0.15, 0.2) is 0 Å². The van der Waals surface area contributed by atoms with Crippen LogP contribution in [0.4, 0.5) is 5.82 Å². The van der Waals surface area contributed by atoms with Gasteiger partial charge in [0, 0.05) is 18.4 Å². The van der Waals surface area contributed by atoms with Crippen molar-refractivity contribution >= 4 is 17.6 Å². The molecule has 1 aromatic rings. The first kappa shape index (κ1) is 11.2.